The number of ether oxygens (including phenoxy) is 1. The number of hydrogen-bond donors (Lipinski definition) is 2. The number of amides is 1. The van der Waals surface area contributed by atoms with E-state index in [1.165, 1.54) is 6.07 Å². The highest BCUT2D eigenvalue weighted by Gasteiger charge is 2.15. The smallest absolute Gasteiger partial charge is 0.407 e. The standard InChI is InChI=1S/C14H21N3O3/c1-10-16-11(9-12(18)17-10)7-5-6-8-15-13(19)20-14(2,3)4/h5,7,9H,6,8H2,1-4H3,(H,15,19)(H,16,17,18). The van der Waals surface area contributed by atoms with Crippen LogP contribution in [0, 0.1) is 6.92 Å². The molecule has 110 valence electrons. The zero-order chi connectivity index (χ0) is 15.2. The molecule has 0 saturated carbocycles. The summed E-state index contributed by atoms with van der Waals surface area (Å²) < 4.78 is 5.10. The summed E-state index contributed by atoms with van der Waals surface area (Å²) in [7, 11) is 0. The van der Waals surface area contributed by atoms with E-state index in [2.05, 4.69) is 15.3 Å². The minimum Gasteiger partial charge on any atom is -0.444 e. The van der Waals surface area contributed by atoms with Crippen LogP contribution in [0.15, 0.2) is 16.9 Å². The van der Waals surface area contributed by atoms with Gasteiger partial charge in [0.25, 0.3) is 5.56 Å². The predicted molar refractivity (Wildman–Crippen MR) is 77.5 cm³/mol. The van der Waals surface area contributed by atoms with Gasteiger partial charge >= 0.3 is 6.09 Å². The molecule has 0 bridgehead atoms. The molecule has 0 atom stereocenters. The van der Waals surface area contributed by atoms with Crippen molar-refractivity contribution in [3.63, 3.8) is 0 Å². The first-order chi connectivity index (χ1) is 9.26. The molecule has 0 unspecified atom stereocenters. The van der Waals surface area contributed by atoms with Gasteiger partial charge in [0.05, 0.1) is 5.69 Å². The van der Waals surface area contributed by atoms with E-state index in [0.29, 0.717) is 24.5 Å². The monoisotopic (exact) mass is 279 g/mol. The number of carbonyl (C=O) groups excluding carboxylic acids is 1. The number of aryl methyl sites for hydroxylation is 1. The quantitative estimate of drug-likeness (QED) is 0.826. The summed E-state index contributed by atoms with van der Waals surface area (Å²) in [6.07, 6.45) is 3.79. The van der Waals surface area contributed by atoms with Gasteiger partial charge in [0.15, 0.2) is 0 Å². The molecule has 0 fully saturated rings. The van der Waals surface area contributed by atoms with Crippen molar-refractivity contribution in [2.75, 3.05) is 6.54 Å². The predicted octanol–water partition coefficient (Wildman–Crippen LogP) is 2.01. The Morgan fingerprint density at radius 1 is 1.50 bits per heavy atom. The lowest BCUT2D eigenvalue weighted by molar-refractivity contribution is 0.0529. The number of carbonyl (C=O) groups is 1. The molecule has 1 aromatic rings. The second-order valence-corrected chi connectivity index (χ2v) is 5.38. The van der Waals surface area contributed by atoms with E-state index in [4.69, 9.17) is 4.74 Å². The van der Waals surface area contributed by atoms with E-state index < -0.39 is 11.7 Å². The minimum absolute atomic E-state index is 0.177. The number of H-pyrrole nitrogens is 1. The van der Waals surface area contributed by atoms with Crippen LogP contribution >= 0.6 is 0 Å². The molecule has 2 N–H and O–H groups in total. The third-order valence-corrected chi connectivity index (χ3v) is 2.15. The van der Waals surface area contributed by atoms with Crippen molar-refractivity contribution < 1.29 is 9.53 Å². The largest absolute Gasteiger partial charge is 0.444 e. The lowest BCUT2D eigenvalue weighted by Gasteiger charge is -2.19. The first-order valence-corrected chi connectivity index (χ1v) is 6.47. The van der Waals surface area contributed by atoms with Gasteiger partial charge in [-0.2, -0.15) is 0 Å². The van der Waals surface area contributed by atoms with Crippen molar-refractivity contribution in [1.82, 2.24) is 15.3 Å². The van der Waals surface area contributed by atoms with Crippen LogP contribution in [0.3, 0.4) is 0 Å². The van der Waals surface area contributed by atoms with Crippen LogP contribution in [0.2, 0.25) is 0 Å². The zero-order valence-corrected chi connectivity index (χ0v) is 12.3. The normalized spacial score (nSPS) is 11.6. The van der Waals surface area contributed by atoms with Crippen molar-refractivity contribution in [2.45, 2.75) is 39.7 Å². The SMILES string of the molecule is Cc1nc(C=CCCNC(=O)OC(C)(C)C)cc(=O)[nH]1. The maximum atomic E-state index is 11.4. The second kappa shape index (κ2) is 6.88. The molecule has 0 aromatic carbocycles. The molecule has 1 amide bonds. The summed E-state index contributed by atoms with van der Waals surface area (Å²) in [4.78, 5) is 29.3. The van der Waals surface area contributed by atoms with E-state index in [0.717, 1.165) is 0 Å². The minimum atomic E-state index is -0.494. The summed E-state index contributed by atoms with van der Waals surface area (Å²) in [5.41, 5.74) is -0.0700. The molecule has 0 spiro atoms. The van der Waals surface area contributed by atoms with Gasteiger partial charge in [-0.3, -0.25) is 4.79 Å². The molecule has 0 aliphatic carbocycles. The fraction of sp³-hybridized carbons (Fsp3) is 0.500. The molecule has 20 heavy (non-hydrogen) atoms. The van der Waals surface area contributed by atoms with Gasteiger partial charge in [0.2, 0.25) is 0 Å². The fourth-order valence-corrected chi connectivity index (χ4v) is 1.46. The van der Waals surface area contributed by atoms with Crippen molar-refractivity contribution in [3.05, 3.63) is 34.0 Å². The molecule has 0 radical (unpaired) electrons. The number of nitrogens with one attached hydrogen (secondary N) is 2. The summed E-state index contributed by atoms with van der Waals surface area (Å²) in [5, 5.41) is 2.65. The number of aromatic amines is 1. The van der Waals surface area contributed by atoms with Gasteiger partial charge in [0, 0.05) is 12.6 Å². The third-order valence-electron chi connectivity index (χ3n) is 2.15. The number of rotatable bonds is 4. The molecule has 0 aliphatic heterocycles. The Morgan fingerprint density at radius 3 is 2.80 bits per heavy atom. The van der Waals surface area contributed by atoms with Crippen molar-refractivity contribution in [1.29, 1.82) is 0 Å². The Bertz CT molecular complexity index is 541. The maximum Gasteiger partial charge on any atom is 0.407 e. The van der Waals surface area contributed by atoms with Crippen molar-refractivity contribution in [3.8, 4) is 0 Å². The van der Waals surface area contributed by atoms with Crippen LogP contribution in [0.4, 0.5) is 4.79 Å². The summed E-state index contributed by atoms with van der Waals surface area (Å²) in [6.45, 7) is 7.63. The average molecular weight is 279 g/mol. The number of hydrogen-bond acceptors (Lipinski definition) is 4. The van der Waals surface area contributed by atoms with Gasteiger partial charge < -0.3 is 15.0 Å². The number of alkyl carbamates (subject to hydrolysis) is 1. The second-order valence-electron chi connectivity index (χ2n) is 5.38. The first-order valence-electron chi connectivity index (χ1n) is 6.47. The van der Waals surface area contributed by atoms with Crippen LogP contribution in [0.1, 0.15) is 38.7 Å². The highest BCUT2D eigenvalue weighted by atomic mass is 16.6. The maximum absolute atomic E-state index is 11.4. The molecule has 1 heterocycles. The van der Waals surface area contributed by atoms with Crippen LogP contribution in [-0.4, -0.2) is 28.2 Å². The molecule has 6 heteroatoms. The molecular weight excluding hydrogens is 258 g/mol. The fourth-order valence-electron chi connectivity index (χ4n) is 1.46. The molecule has 1 rings (SSSR count). The van der Waals surface area contributed by atoms with E-state index >= 15 is 0 Å². The lowest BCUT2D eigenvalue weighted by atomic mass is 10.2. The van der Waals surface area contributed by atoms with Gasteiger partial charge in [-0.1, -0.05) is 6.08 Å². The Morgan fingerprint density at radius 2 is 2.20 bits per heavy atom. The van der Waals surface area contributed by atoms with Gasteiger partial charge in [-0.15, -0.1) is 0 Å². The topological polar surface area (TPSA) is 84.1 Å². The van der Waals surface area contributed by atoms with Crippen LogP contribution in [-0.2, 0) is 4.74 Å². The highest BCUT2D eigenvalue weighted by Crippen LogP contribution is 2.06. The Kier molecular flexibility index (Phi) is 5.49. The third kappa shape index (κ3) is 6.72. The zero-order valence-electron chi connectivity index (χ0n) is 12.3. The lowest BCUT2D eigenvalue weighted by Crippen LogP contribution is -2.32. The van der Waals surface area contributed by atoms with Gasteiger partial charge in [-0.05, 0) is 40.2 Å². The molecule has 6 nitrogen and oxygen atoms in total. The Balaban J connectivity index is 2.35. The van der Waals surface area contributed by atoms with E-state index in [1.807, 2.05) is 26.8 Å². The highest BCUT2D eigenvalue weighted by molar-refractivity contribution is 5.67. The first kappa shape index (κ1) is 15.9. The molecular formula is C14H21N3O3. The van der Waals surface area contributed by atoms with E-state index in [9.17, 15) is 9.59 Å². The van der Waals surface area contributed by atoms with Crippen LogP contribution in [0.5, 0.6) is 0 Å². The van der Waals surface area contributed by atoms with Gasteiger partial charge in [0.1, 0.15) is 11.4 Å². The van der Waals surface area contributed by atoms with Crippen molar-refractivity contribution >= 4 is 12.2 Å². The van der Waals surface area contributed by atoms with Crippen LogP contribution < -0.4 is 10.9 Å². The molecule has 1 aromatic heterocycles. The van der Waals surface area contributed by atoms with Gasteiger partial charge in [-0.25, -0.2) is 9.78 Å². The molecule has 0 aliphatic rings. The summed E-state index contributed by atoms with van der Waals surface area (Å²) >= 11 is 0. The van der Waals surface area contributed by atoms with Crippen molar-refractivity contribution in [2.24, 2.45) is 0 Å². The number of nitrogens with zero attached hydrogens (tertiary/aromatic N) is 1. The van der Waals surface area contributed by atoms with E-state index in [1.54, 1.807) is 13.0 Å². The van der Waals surface area contributed by atoms with E-state index in [-0.39, 0.29) is 5.56 Å². The number of aromatic nitrogens is 2. The van der Waals surface area contributed by atoms with Crippen LogP contribution in [0.25, 0.3) is 6.08 Å². The Hall–Kier alpha value is -2.11. The summed E-state index contributed by atoms with van der Waals surface area (Å²) in [5.74, 6) is 0.573. The molecule has 0 saturated heterocycles. The average Bonchev–Trinajstić information content (AvgIpc) is 2.24. The Labute approximate surface area is 118 Å². The summed E-state index contributed by atoms with van der Waals surface area (Å²) in [6, 6.07) is 1.42.